The van der Waals surface area contributed by atoms with Gasteiger partial charge in [0.25, 0.3) is 0 Å². The maximum Gasteiger partial charge on any atom is 0.247 e. The first-order valence-corrected chi connectivity index (χ1v) is 9.67. The zero-order valence-corrected chi connectivity index (χ0v) is 15.0. The zero-order chi connectivity index (χ0) is 16.3. The fourth-order valence-corrected chi connectivity index (χ4v) is 3.17. The number of hydrogen-bond acceptors (Lipinski definition) is 4. The van der Waals surface area contributed by atoms with Crippen molar-refractivity contribution in [3.8, 4) is 0 Å². The van der Waals surface area contributed by atoms with Crippen molar-refractivity contribution < 1.29 is 13.2 Å². The molecule has 0 aliphatic rings. The molecule has 118 valence electrons. The molecule has 0 saturated heterocycles. The van der Waals surface area contributed by atoms with Gasteiger partial charge in [-0.2, -0.15) is 0 Å². The summed E-state index contributed by atoms with van der Waals surface area (Å²) in [7, 11) is -3.11. The molecule has 0 spiro atoms. The lowest BCUT2D eigenvalue weighted by molar-refractivity contribution is -0.130. The molecule has 0 aliphatic heterocycles. The molecule has 7 heteroatoms. The second-order valence-electron chi connectivity index (χ2n) is 5.77. The summed E-state index contributed by atoms with van der Waals surface area (Å²) in [6.45, 7) is 5.81. The van der Waals surface area contributed by atoms with Crippen LogP contribution in [0.2, 0.25) is 4.34 Å². The molecule has 1 rings (SSSR count). The monoisotopic (exact) mass is 349 g/mol. The van der Waals surface area contributed by atoms with Crippen LogP contribution in [0.5, 0.6) is 0 Å². The van der Waals surface area contributed by atoms with Crippen molar-refractivity contribution in [3.05, 3.63) is 27.4 Å². The van der Waals surface area contributed by atoms with Crippen LogP contribution in [0, 0.1) is 0 Å². The van der Waals surface area contributed by atoms with Crippen molar-refractivity contribution in [1.29, 1.82) is 0 Å². The van der Waals surface area contributed by atoms with Gasteiger partial charge >= 0.3 is 0 Å². The fraction of sp³-hybridized carbons (Fsp3) is 0.500. The number of carbonyl (C=O) groups is 1. The summed E-state index contributed by atoms with van der Waals surface area (Å²) >= 11 is 7.21. The van der Waals surface area contributed by atoms with Crippen LogP contribution in [0.4, 0.5) is 0 Å². The first-order valence-electron chi connectivity index (χ1n) is 6.42. The summed E-state index contributed by atoms with van der Waals surface area (Å²) in [5, 5.41) is 0. The van der Waals surface area contributed by atoms with Crippen LogP contribution in [0.15, 0.2) is 18.2 Å². The van der Waals surface area contributed by atoms with E-state index >= 15 is 0 Å². The number of halogens is 1. The highest BCUT2D eigenvalue weighted by atomic mass is 35.5. The molecular weight excluding hydrogens is 330 g/mol. The van der Waals surface area contributed by atoms with Crippen LogP contribution >= 0.6 is 22.9 Å². The Bertz CT molecular complexity index is 627. The summed E-state index contributed by atoms with van der Waals surface area (Å²) in [6.07, 6.45) is 4.32. The smallest absolute Gasteiger partial charge is 0.247 e. The highest BCUT2D eigenvalue weighted by molar-refractivity contribution is 7.90. The molecule has 1 aromatic heterocycles. The molecule has 0 atom stereocenters. The van der Waals surface area contributed by atoms with Gasteiger partial charge in [-0.25, -0.2) is 8.42 Å². The second kappa shape index (κ2) is 6.94. The molecule has 0 radical (unpaired) electrons. The van der Waals surface area contributed by atoms with E-state index in [9.17, 15) is 13.2 Å². The van der Waals surface area contributed by atoms with Gasteiger partial charge in [0.05, 0.1) is 10.1 Å². The molecule has 4 nitrogen and oxygen atoms in total. The third-order valence-electron chi connectivity index (χ3n) is 2.75. The molecule has 21 heavy (non-hydrogen) atoms. The molecule has 0 N–H and O–H groups in total. The predicted octanol–water partition coefficient (Wildman–Crippen LogP) is 3.09. The van der Waals surface area contributed by atoms with Gasteiger partial charge in [-0.1, -0.05) is 11.6 Å². The van der Waals surface area contributed by atoms with Gasteiger partial charge in [-0.3, -0.25) is 4.79 Å². The highest BCUT2D eigenvalue weighted by Crippen LogP contribution is 2.23. The van der Waals surface area contributed by atoms with E-state index in [2.05, 4.69) is 0 Å². The largest absolute Gasteiger partial charge is 0.333 e. The Kier molecular flexibility index (Phi) is 6.01. The van der Waals surface area contributed by atoms with Gasteiger partial charge in [-0.15, -0.1) is 11.3 Å². The number of rotatable bonds is 5. The molecule has 1 aromatic rings. The minimum Gasteiger partial charge on any atom is -0.333 e. The van der Waals surface area contributed by atoms with E-state index < -0.39 is 15.4 Å². The van der Waals surface area contributed by atoms with E-state index in [1.54, 1.807) is 17.0 Å². The molecule has 1 amide bonds. The van der Waals surface area contributed by atoms with Crippen molar-refractivity contribution in [1.82, 2.24) is 4.90 Å². The van der Waals surface area contributed by atoms with Crippen molar-refractivity contribution in [2.45, 2.75) is 26.3 Å². The molecule has 0 aliphatic carbocycles. The minimum absolute atomic E-state index is 0.0469. The fourth-order valence-electron chi connectivity index (χ4n) is 1.69. The van der Waals surface area contributed by atoms with Crippen molar-refractivity contribution in [3.63, 3.8) is 0 Å². The Morgan fingerprint density at radius 3 is 2.43 bits per heavy atom. The summed E-state index contributed by atoms with van der Waals surface area (Å²) in [5.74, 6) is -0.259. The molecule has 1 heterocycles. The van der Waals surface area contributed by atoms with Gasteiger partial charge in [-0.05, 0) is 39.0 Å². The maximum atomic E-state index is 12.3. The van der Waals surface area contributed by atoms with E-state index in [0.717, 1.165) is 4.88 Å². The van der Waals surface area contributed by atoms with Crippen LogP contribution < -0.4 is 0 Å². The Morgan fingerprint density at radius 2 is 2.00 bits per heavy atom. The van der Waals surface area contributed by atoms with Crippen LogP contribution in [-0.4, -0.2) is 43.3 Å². The molecular formula is C14H20ClNO3S2. The topological polar surface area (TPSA) is 54.5 Å². The van der Waals surface area contributed by atoms with Crippen molar-refractivity contribution in [2.24, 2.45) is 0 Å². The molecule has 0 unspecified atom stereocenters. The summed E-state index contributed by atoms with van der Waals surface area (Å²) < 4.78 is 23.3. The lowest BCUT2D eigenvalue weighted by atomic mass is 10.1. The van der Waals surface area contributed by atoms with E-state index in [0.29, 0.717) is 4.34 Å². The average Bonchev–Trinajstić information content (AvgIpc) is 2.69. The number of thiophene rings is 1. The lowest BCUT2D eigenvalue weighted by Gasteiger charge is -2.34. The Labute approximate surface area is 135 Å². The van der Waals surface area contributed by atoms with Crippen molar-refractivity contribution >= 4 is 44.8 Å². The third-order valence-corrected chi connectivity index (χ3v) is 4.87. The van der Waals surface area contributed by atoms with Crippen LogP contribution in [0.25, 0.3) is 6.08 Å². The number of nitrogens with zero attached hydrogens (tertiary/aromatic N) is 1. The highest BCUT2D eigenvalue weighted by Gasteiger charge is 2.25. The summed E-state index contributed by atoms with van der Waals surface area (Å²) in [4.78, 5) is 14.7. The quantitative estimate of drug-likeness (QED) is 0.767. The van der Waals surface area contributed by atoms with Crippen LogP contribution in [0.1, 0.15) is 25.6 Å². The first-order chi connectivity index (χ1) is 9.49. The number of sulfone groups is 1. The molecule has 0 saturated carbocycles. The number of amides is 1. The summed E-state index contributed by atoms with van der Waals surface area (Å²) in [6, 6.07) is 3.59. The van der Waals surface area contributed by atoms with Gasteiger partial charge in [0.1, 0.15) is 9.84 Å². The Morgan fingerprint density at radius 1 is 1.38 bits per heavy atom. The van der Waals surface area contributed by atoms with Gasteiger partial charge in [0.2, 0.25) is 5.91 Å². The van der Waals surface area contributed by atoms with Crippen LogP contribution in [0.3, 0.4) is 0 Å². The molecule has 0 aromatic carbocycles. The van der Waals surface area contributed by atoms with Crippen molar-refractivity contribution in [2.75, 3.05) is 18.6 Å². The zero-order valence-electron chi connectivity index (χ0n) is 12.6. The predicted molar refractivity (Wildman–Crippen MR) is 89.5 cm³/mol. The van der Waals surface area contributed by atoms with Gasteiger partial charge < -0.3 is 4.90 Å². The Balaban J connectivity index is 2.83. The van der Waals surface area contributed by atoms with Gasteiger partial charge in [0.15, 0.2) is 0 Å². The molecule has 0 bridgehead atoms. The normalized spacial score (nSPS) is 12.8. The van der Waals surface area contributed by atoms with E-state index in [4.69, 9.17) is 11.6 Å². The first kappa shape index (κ1) is 18.2. The van der Waals surface area contributed by atoms with Gasteiger partial charge in [0, 0.05) is 29.3 Å². The summed E-state index contributed by atoms with van der Waals surface area (Å²) in [5.41, 5.74) is -0.445. The maximum absolute atomic E-state index is 12.3. The number of hydrogen-bond donors (Lipinski definition) is 0. The minimum atomic E-state index is -3.11. The number of carbonyl (C=O) groups excluding carboxylic acids is 1. The standard InChI is InChI=1S/C14H20ClNO3S2/c1-14(2,3)16(9-10-21(4,18)19)13(17)8-6-11-5-7-12(15)20-11/h5-8H,9-10H2,1-4H3/b8-6+. The van der Waals surface area contributed by atoms with E-state index in [1.165, 1.54) is 23.7 Å². The lowest BCUT2D eigenvalue weighted by Crippen LogP contribution is -2.47. The Hall–Kier alpha value is -0.850. The average molecular weight is 350 g/mol. The second-order valence-corrected chi connectivity index (χ2v) is 9.77. The van der Waals surface area contributed by atoms with E-state index in [-0.39, 0.29) is 18.2 Å². The molecule has 0 fully saturated rings. The SMILES string of the molecule is CC(C)(C)N(CCS(C)(=O)=O)C(=O)/C=C/c1ccc(Cl)s1. The van der Waals surface area contributed by atoms with E-state index in [1.807, 2.05) is 26.8 Å². The van der Waals surface area contributed by atoms with Crippen LogP contribution in [-0.2, 0) is 14.6 Å². The third kappa shape index (κ3) is 6.63.